The van der Waals surface area contributed by atoms with Crippen LogP contribution >= 0.6 is 7.26 Å². The molecule has 0 fully saturated rings. The quantitative estimate of drug-likeness (QED) is 0.420. The van der Waals surface area contributed by atoms with Crippen molar-refractivity contribution < 1.29 is 0 Å². The van der Waals surface area contributed by atoms with Crippen molar-refractivity contribution >= 4 is 23.2 Å². The summed E-state index contributed by atoms with van der Waals surface area (Å²) in [6.07, 6.45) is 0.658. The monoisotopic (exact) mass is 409 g/mol. The highest BCUT2D eigenvalue weighted by atomic mass is 31.2. The zero-order valence-corrected chi connectivity index (χ0v) is 18.6. The van der Waals surface area contributed by atoms with Gasteiger partial charge in [0.1, 0.15) is 40.9 Å². The van der Waals surface area contributed by atoms with Crippen molar-refractivity contribution in [1.29, 1.82) is 10.5 Å². The fraction of sp³-hybridized carbons (Fsp3) is 0.185. The van der Waals surface area contributed by atoms with E-state index in [2.05, 4.69) is 106 Å². The van der Waals surface area contributed by atoms with E-state index >= 15 is 0 Å². The van der Waals surface area contributed by atoms with Crippen LogP contribution in [-0.4, -0.2) is 6.16 Å². The van der Waals surface area contributed by atoms with E-state index in [1.165, 1.54) is 15.9 Å². The number of hydrogen-bond acceptors (Lipinski definition) is 2. The summed E-state index contributed by atoms with van der Waals surface area (Å²) in [7, 11) is -2.15. The summed E-state index contributed by atoms with van der Waals surface area (Å²) in [4.78, 5) is 0. The first-order valence-corrected chi connectivity index (χ1v) is 12.0. The van der Waals surface area contributed by atoms with Crippen LogP contribution in [-0.2, 0) is 0 Å². The Kier molecular flexibility index (Phi) is 6.52. The summed E-state index contributed by atoms with van der Waals surface area (Å²) in [5.41, 5.74) is 0.844. The molecule has 3 rings (SSSR count). The second-order valence-electron chi connectivity index (χ2n) is 8.30. The van der Waals surface area contributed by atoms with E-state index in [0.29, 0.717) is 6.16 Å². The lowest BCUT2D eigenvalue weighted by atomic mass is 9.85. The first-order chi connectivity index (χ1) is 14.4. The normalized spacial score (nSPS) is 11.2. The third kappa shape index (κ3) is 4.21. The lowest BCUT2D eigenvalue weighted by molar-refractivity contribution is 0.503. The van der Waals surface area contributed by atoms with Crippen LogP contribution in [0.5, 0.6) is 0 Å². The molecule has 148 valence electrons. The van der Waals surface area contributed by atoms with Crippen LogP contribution in [0.2, 0.25) is 0 Å². The highest BCUT2D eigenvalue weighted by Crippen LogP contribution is 2.58. The molecule has 0 spiro atoms. The molecule has 0 amide bonds. The second-order valence-corrected chi connectivity index (χ2v) is 11.8. The first-order valence-electron chi connectivity index (χ1n) is 10.0. The van der Waals surface area contributed by atoms with E-state index in [1.807, 2.05) is 18.2 Å². The molecule has 0 saturated heterocycles. The summed E-state index contributed by atoms with van der Waals surface area (Å²) < 4.78 is 0. The highest BCUT2D eigenvalue weighted by Gasteiger charge is 2.48. The largest absolute Gasteiger partial charge is 0.192 e. The maximum Gasteiger partial charge on any atom is 0.133 e. The summed E-state index contributed by atoms with van der Waals surface area (Å²) in [6, 6.07) is 36.0. The predicted octanol–water partition coefficient (Wildman–Crippen LogP) is 5.37. The Labute approximate surface area is 180 Å². The number of rotatable bonds is 5. The number of allylic oxidation sites excluding steroid dienone is 2. The van der Waals surface area contributed by atoms with Crippen molar-refractivity contribution in [2.24, 2.45) is 5.41 Å². The molecule has 3 aromatic carbocycles. The molecule has 30 heavy (non-hydrogen) atoms. The molecule has 0 heterocycles. The third-order valence-electron chi connectivity index (χ3n) is 5.42. The van der Waals surface area contributed by atoms with Gasteiger partial charge in [0, 0.05) is 5.57 Å². The van der Waals surface area contributed by atoms with E-state index in [1.54, 1.807) is 0 Å². The van der Waals surface area contributed by atoms with E-state index in [0.717, 1.165) is 5.57 Å². The van der Waals surface area contributed by atoms with Gasteiger partial charge in [0.2, 0.25) is 0 Å². The van der Waals surface area contributed by atoms with Gasteiger partial charge in [0.05, 0.1) is 6.16 Å². The van der Waals surface area contributed by atoms with Crippen LogP contribution in [0, 0.1) is 28.1 Å². The Bertz CT molecular complexity index is 984. The molecule has 0 N–H and O–H groups in total. The average molecular weight is 409 g/mol. The Balaban J connectivity index is 2.42. The molecule has 0 aliphatic carbocycles. The van der Waals surface area contributed by atoms with Crippen molar-refractivity contribution in [3.63, 3.8) is 0 Å². The topological polar surface area (TPSA) is 47.6 Å². The molecule has 0 aromatic heterocycles. The van der Waals surface area contributed by atoms with Gasteiger partial charge in [0.15, 0.2) is 0 Å². The van der Waals surface area contributed by atoms with Crippen LogP contribution in [0.15, 0.2) is 102 Å². The SMILES string of the molecule is CC(C)(C)C(C[P+](c1ccccc1)(c1ccccc1)c1ccccc1)=C(C#N)C#N. The number of nitrogens with zero attached hydrogens (tertiary/aromatic N) is 2. The average Bonchev–Trinajstić information content (AvgIpc) is 2.78. The maximum absolute atomic E-state index is 9.75. The fourth-order valence-corrected chi connectivity index (χ4v) is 8.45. The van der Waals surface area contributed by atoms with Crippen molar-refractivity contribution in [1.82, 2.24) is 0 Å². The fourth-order valence-electron chi connectivity index (χ4n) is 3.86. The summed E-state index contributed by atoms with van der Waals surface area (Å²) >= 11 is 0. The Morgan fingerprint density at radius 1 is 0.667 bits per heavy atom. The molecule has 2 nitrogen and oxygen atoms in total. The zero-order valence-electron chi connectivity index (χ0n) is 17.7. The van der Waals surface area contributed by atoms with Crippen LogP contribution in [0.3, 0.4) is 0 Å². The van der Waals surface area contributed by atoms with Crippen molar-refractivity contribution in [3.8, 4) is 12.1 Å². The van der Waals surface area contributed by atoms with Crippen molar-refractivity contribution in [2.45, 2.75) is 20.8 Å². The van der Waals surface area contributed by atoms with Crippen LogP contribution in [0.1, 0.15) is 20.8 Å². The van der Waals surface area contributed by atoms with Crippen LogP contribution in [0.25, 0.3) is 0 Å². The molecule has 0 aliphatic rings. The molecule has 0 saturated carbocycles. The first kappa shape index (κ1) is 21.5. The summed E-state index contributed by atoms with van der Waals surface area (Å²) in [5.74, 6) is 0. The zero-order chi connectivity index (χ0) is 21.6. The molecule has 0 aliphatic heterocycles. The van der Waals surface area contributed by atoms with Gasteiger partial charge in [-0.1, -0.05) is 75.4 Å². The number of nitriles is 2. The third-order valence-corrected chi connectivity index (χ3v) is 9.75. The summed E-state index contributed by atoms with van der Waals surface area (Å²) in [6.45, 7) is 6.27. The van der Waals surface area contributed by atoms with Gasteiger partial charge in [-0.25, -0.2) is 0 Å². The minimum Gasteiger partial charge on any atom is -0.192 e. The Hall–Kier alpha value is -3.19. The van der Waals surface area contributed by atoms with Crippen molar-refractivity contribution in [3.05, 3.63) is 102 Å². The Morgan fingerprint density at radius 2 is 1.00 bits per heavy atom. The Morgan fingerprint density at radius 3 is 1.27 bits per heavy atom. The molecule has 0 atom stereocenters. The van der Waals surface area contributed by atoms with Crippen LogP contribution in [0.4, 0.5) is 0 Å². The van der Waals surface area contributed by atoms with Crippen molar-refractivity contribution in [2.75, 3.05) is 6.16 Å². The van der Waals surface area contributed by atoms with Gasteiger partial charge in [-0.05, 0) is 41.8 Å². The maximum atomic E-state index is 9.75. The minimum absolute atomic E-state index is 0.231. The molecule has 0 unspecified atom stereocenters. The molecule has 3 aromatic rings. The molecule has 3 heteroatoms. The smallest absolute Gasteiger partial charge is 0.133 e. The number of benzene rings is 3. The predicted molar refractivity (Wildman–Crippen MR) is 128 cm³/mol. The molecular weight excluding hydrogens is 383 g/mol. The number of hydrogen-bond donors (Lipinski definition) is 0. The minimum atomic E-state index is -2.15. The van der Waals surface area contributed by atoms with E-state index in [9.17, 15) is 10.5 Å². The summed E-state index contributed by atoms with van der Waals surface area (Å²) in [5, 5.41) is 23.2. The van der Waals surface area contributed by atoms with Gasteiger partial charge in [0.25, 0.3) is 0 Å². The van der Waals surface area contributed by atoms with Gasteiger partial charge in [-0.15, -0.1) is 0 Å². The highest BCUT2D eigenvalue weighted by molar-refractivity contribution is 7.95. The van der Waals surface area contributed by atoms with Gasteiger partial charge in [-0.3, -0.25) is 0 Å². The molecular formula is C27H26N2P+. The van der Waals surface area contributed by atoms with E-state index in [4.69, 9.17) is 0 Å². The van der Waals surface area contributed by atoms with Crippen LogP contribution < -0.4 is 15.9 Å². The van der Waals surface area contributed by atoms with Gasteiger partial charge < -0.3 is 0 Å². The molecule has 0 bridgehead atoms. The van der Waals surface area contributed by atoms with Gasteiger partial charge >= 0.3 is 0 Å². The second kappa shape index (κ2) is 9.09. The standard InChI is InChI=1S/C27H26N2P/c1-27(2,3)26(22(19-28)20-29)21-30(23-13-7-4-8-14-23,24-15-9-5-10-16-24)25-17-11-6-12-18-25/h4-18H,21H2,1-3H3/q+1. The molecule has 0 radical (unpaired) electrons. The van der Waals surface area contributed by atoms with Gasteiger partial charge in [-0.2, -0.15) is 10.5 Å². The van der Waals surface area contributed by atoms with E-state index < -0.39 is 7.26 Å². The van der Waals surface area contributed by atoms with E-state index in [-0.39, 0.29) is 11.0 Å². The lowest BCUT2D eigenvalue weighted by Gasteiger charge is -2.32. The lowest BCUT2D eigenvalue weighted by Crippen LogP contribution is -2.35.